The number of nitrogens with one attached hydrogen (secondary N) is 1. The zero-order valence-corrected chi connectivity index (χ0v) is 24.6. The molecule has 3 aromatic carbocycles. The van der Waals surface area contributed by atoms with Gasteiger partial charge < -0.3 is 10.2 Å². The molecule has 3 rings (SSSR count). The van der Waals surface area contributed by atoms with E-state index in [0.717, 1.165) is 28.3 Å². The Balaban J connectivity index is 2.01. The molecule has 0 saturated heterocycles. The van der Waals surface area contributed by atoms with E-state index in [9.17, 15) is 18.0 Å². The summed E-state index contributed by atoms with van der Waals surface area (Å²) in [6.45, 7) is 5.69. The lowest BCUT2D eigenvalue weighted by Gasteiger charge is -2.32. The standard InChI is InChI=1S/C29H33Cl2N3O4S/c1-4-5-17-32-29(36)22(3)33(19-23-10-7-6-9-21(23)2)28(35)20-34(26-12-8-11-25(31)18-26)39(37,38)27-15-13-24(30)14-16-27/h6-16,18,22H,4-5,17,19-20H2,1-3H3,(H,32,36)/t22-/m1/s1. The second-order valence-corrected chi connectivity index (χ2v) is 11.9. The van der Waals surface area contributed by atoms with Gasteiger partial charge in [-0.25, -0.2) is 8.42 Å². The van der Waals surface area contributed by atoms with Crippen molar-refractivity contribution in [2.75, 3.05) is 17.4 Å². The maximum Gasteiger partial charge on any atom is 0.264 e. The number of aryl methyl sites for hydroxylation is 1. The molecule has 3 aromatic rings. The van der Waals surface area contributed by atoms with Gasteiger partial charge in [-0.1, -0.05) is 66.9 Å². The van der Waals surface area contributed by atoms with Crippen LogP contribution in [0.5, 0.6) is 0 Å². The summed E-state index contributed by atoms with van der Waals surface area (Å²) >= 11 is 12.2. The highest BCUT2D eigenvalue weighted by atomic mass is 35.5. The molecule has 39 heavy (non-hydrogen) atoms. The van der Waals surface area contributed by atoms with Crippen LogP contribution in [0.1, 0.15) is 37.8 Å². The fraction of sp³-hybridized carbons (Fsp3) is 0.310. The number of hydrogen-bond donors (Lipinski definition) is 1. The van der Waals surface area contributed by atoms with Crippen LogP contribution in [0.25, 0.3) is 0 Å². The molecule has 7 nitrogen and oxygen atoms in total. The van der Waals surface area contributed by atoms with Crippen LogP contribution in [0.4, 0.5) is 5.69 Å². The van der Waals surface area contributed by atoms with E-state index in [1.807, 2.05) is 38.1 Å². The zero-order chi connectivity index (χ0) is 28.6. The van der Waals surface area contributed by atoms with Crippen LogP contribution in [0.15, 0.2) is 77.7 Å². The molecule has 0 bridgehead atoms. The number of hydrogen-bond acceptors (Lipinski definition) is 4. The fourth-order valence-corrected chi connectivity index (χ4v) is 5.70. The van der Waals surface area contributed by atoms with Gasteiger partial charge in [0, 0.05) is 23.1 Å². The Kier molecular flexibility index (Phi) is 10.8. The highest BCUT2D eigenvalue weighted by Crippen LogP contribution is 2.27. The molecule has 0 radical (unpaired) electrons. The van der Waals surface area contributed by atoms with Crippen molar-refractivity contribution < 1.29 is 18.0 Å². The van der Waals surface area contributed by atoms with Gasteiger partial charge in [-0.15, -0.1) is 0 Å². The van der Waals surface area contributed by atoms with Gasteiger partial charge in [-0.05, 0) is 73.9 Å². The lowest BCUT2D eigenvalue weighted by Crippen LogP contribution is -2.51. The van der Waals surface area contributed by atoms with Crippen LogP contribution in [0, 0.1) is 6.92 Å². The summed E-state index contributed by atoms with van der Waals surface area (Å²) in [6, 6.07) is 18.7. The SMILES string of the molecule is CCCCNC(=O)[C@@H](C)N(Cc1ccccc1C)C(=O)CN(c1cccc(Cl)c1)S(=O)(=O)c1ccc(Cl)cc1. The van der Waals surface area contributed by atoms with Crippen LogP contribution in [-0.4, -0.2) is 44.3 Å². The Morgan fingerprint density at radius 1 is 0.949 bits per heavy atom. The topological polar surface area (TPSA) is 86.8 Å². The molecule has 0 saturated carbocycles. The monoisotopic (exact) mass is 589 g/mol. The molecule has 2 amide bonds. The molecule has 1 atom stereocenters. The summed E-state index contributed by atoms with van der Waals surface area (Å²) in [5, 5.41) is 3.58. The minimum absolute atomic E-state index is 0.0320. The number of carbonyl (C=O) groups excluding carboxylic acids is 2. The average Bonchev–Trinajstić information content (AvgIpc) is 2.91. The van der Waals surface area contributed by atoms with Gasteiger partial charge >= 0.3 is 0 Å². The van der Waals surface area contributed by atoms with E-state index >= 15 is 0 Å². The van der Waals surface area contributed by atoms with Gasteiger partial charge in [0.05, 0.1) is 10.6 Å². The van der Waals surface area contributed by atoms with Crippen molar-refractivity contribution in [3.63, 3.8) is 0 Å². The van der Waals surface area contributed by atoms with Gasteiger partial charge in [0.15, 0.2) is 0 Å². The number of carbonyl (C=O) groups is 2. The normalized spacial score (nSPS) is 12.0. The molecule has 0 aromatic heterocycles. The first-order valence-electron chi connectivity index (χ1n) is 12.7. The second kappa shape index (κ2) is 13.8. The van der Waals surface area contributed by atoms with Crippen molar-refractivity contribution in [3.8, 4) is 0 Å². The number of anilines is 1. The largest absolute Gasteiger partial charge is 0.354 e. The van der Waals surface area contributed by atoms with Crippen molar-refractivity contribution in [2.24, 2.45) is 0 Å². The predicted octanol–water partition coefficient (Wildman–Crippen LogP) is 5.83. The van der Waals surface area contributed by atoms with E-state index < -0.39 is 28.5 Å². The molecule has 0 aliphatic heterocycles. The predicted molar refractivity (Wildman–Crippen MR) is 157 cm³/mol. The first kappa shape index (κ1) is 30.5. The lowest BCUT2D eigenvalue weighted by atomic mass is 10.1. The van der Waals surface area contributed by atoms with Crippen LogP contribution in [-0.2, 0) is 26.2 Å². The number of sulfonamides is 1. The Labute approximate surface area is 240 Å². The van der Waals surface area contributed by atoms with Gasteiger partial charge in [0.1, 0.15) is 12.6 Å². The number of benzene rings is 3. The van der Waals surface area contributed by atoms with Gasteiger partial charge in [0.2, 0.25) is 11.8 Å². The van der Waals surface area contributed by atoms with Crippen LogP contribution >= 0.6 is 23.2 Å². The van der Waals surface area contributed by atoms with Gasteiger partial charge in [0.25, 0.3) is 10.0 Å². The maximum absolute atomic E-state index is 13.9. The van der Waals surface area contributed by atoms with E-state index in [4.69, 9.17) is 23.2 Å². The molecule has 0 fully saturated rings. The van der Waals surface area contributed by atoms with Gasteiger partial charge in [-0.3, -0.25) is 13.9 Å². The van der Waals surface area contributed by atoms with E-state index in [0.29, 0.717) is 16.6 Å². The number of nitrogens with zero attached hydrogens (tertiary/aromatic N) is 2. The van der Waals surface area contributed by atoms with Gasteiger partial charge in [-0.2, -0.15) is 0 Å². The highest BCUT2D eigenvalue weighted by Gasteiger charge is 2.32. The van der Waals surface area contributed by atoms with Crippen molar-refractivity contribution in [1.82, 2.24) is 10.2 Å². The Hall–Kier alpha value is -3.07. The van der Waals surface area contributed by atoms with E-state index in [-0.39, 0.29) is 23.0 Å². The molecule has 0 unspecified atom stereocenters. The molecule has 208 valence electrons. The first-order valence-corrected chi connectivity index (χ1v) is 14.9. The Morgan fingerprint density at radius 3 is 2.28 bits per heavy atom. The Bertz CT molecular complexity index is 1400. The third kappa shape index (κ3) is 7.97. The fourth-order valence-electron chi connectivity index (χ4n) is 3.98. The summed E-state index contributed by atoms with van der Waals surface area (Å²) < 4.78 is 28.6. The quantitative estimate of drug-likeness (QED) is 0.269. The zero-order valence-electron chi connectivity index (χ0n) is 22.2. The van der Waals surface area contributed by atoms with Crippen LogP contribution < -0.4 is 9.62 Å². The minimum Gasteiger partial charge on any atom is -0.354 e. The summed E-state index contributed by atoms with van der Waals surface area (Å²) in [6.07, 6.45) is 1.73. The van der Waals surface area contributed by atoms with Crippen molar-refractivity contribution in [2.45, 2.75) is 51.1 Å². The number of rotatable bonds is 12. The third-order valence-electron chi connectivity index (χ3n) is 6.38. The van der Waals surface area contributed by atoms with Crippen molar-refractivity contribution in [3.05, 3.63) is 94.0 Å². The first-order chi connectivity index (χ1) is 18.5. The van der Waals surface area contributed by atoms with E-state index in [1.165, 1.54) is 35.2 Å². The summed E-state index contributed by atoms with van der Waals surface area (Å²) in [5.41, 5.74) is 2.03. The second-order valence-electron chi connectivity index (χ2n) is 9.21. The van der Waals surface area contributed by atoms with Crippen molar-refractivity contribution >= 4 is 50.7 Å². The molecule has 10 heteroatoms. The van der Waals surface area contributed by atoms with Crippen LogP contribution in [0.2, 0.25) is 10.0 Å². The number of amides is 2. The lowest BCUT2D eigenvalue weighted by molar-refractivity contribution is -0.139. The summed E-state index contributed by atoms with van der Waals surface area (Å²) in [4.78, 5) is 28.3. The maximum atomic E-state index is 13.9. The minimum atomic E-state index is -4.19. The van der Waals surface area contributed by atoms with Crippen molar-refractivity contribution in [1.29, 1.82) is 0 Å². The Morgan fingerprint density at radius 2 is 1.64 bits per heavy atom. The smallest absolute Gasteiger partial charge is 0.264 e. The average molecular weight is 591 g/mol. The summed E-state index contributed by atoms with van der Waals surface area (Å²) in [7, 11) is -4.19. The molecule has 0 aliphatic carbocycles. The molecular formula is C29H33Cl2N3O4S. The van der Waals surface area contributed by atoms with E-state index in [1.54, 1.807) is 25.1 Å². The molecule has 0 heterocycles. The van der Waals surface area contributed by atoms with Crippen LogP contribution in [0.3, 0.4) is 0 Å². The molecular weight excluding hydrogens is 557 g/mol. The number of unbranched alkanes of at least 4 members (excludes halogenated alkanes) is 1. The summed E-state index contributed by atoms with van der Waals surface area (Å²) in [5.74, 6) is -0.839. The molecule has 0 spiro atoms. The third-order valence-corrected chi connectivity index (χ3v) is 8.65. The highest BCUT2D eigenvalue weighted by molar-refractivity contribution is 7.92. The molecule has 0 aliphatic rings. The van der Waals surface area contributed by atoms with E-state index in [2.05, 4.69) is 5.32 Å². The molecule has 1 N–H and O–H groups in total. The number of halogens is 2.